The van der Waals surface area contributed by atoms with Crippen molar-refractivity contribution in [1.82, 2.24) is 0 Å². The zero-order valence-corrected chi connectivity index (χ0v) is 13.1. The summed E-state index contributed by atoms with van der Waals surface area (Å²) >= 11 is 0. The van der Waals surface area contributed by atoms with Crippen LogP contribution in [0.2, 0.25) is 0 Å². The van der Waals surface area contributed by atoms with Gasteiger partial charge in [-0.3, -0.25) is 4.99 Å². The minimum Gasteiger partial charge on any atom is -0.458 e. The van der Waals surface area contributed by atoms with Gasteiger partial charge in [-0.1, -0.05) is 26.8 Å². The highest BCUT2D eigenvalue weighted by Crippen LogP contribution is 2.26. The minimum absolute atomic E-state index is 0.238. The van der Waals surface area contributed by atoms with E-state index in [4.69, 9.17) is 4.74 Å². The van der Waals surface area contributed by atoms with Crippen molar-refractivity contribution in [2.24, 2.45) is 10.4 Å². The molecule has 0 spiro atoms. The lowest BCUT2D eigenvalue weighted by atomic mass is 9.87. The van der Waals surface area contributed by atoms with Crippen LogP contribution in [0, 0.1) is 5.41 Å². The molecule has 0 bridgehead atoms. The van der Waals surface area contributed by atoms with E-state index in [1.54, 1.807) is 0 Å². The molecule has 0 radical (unpaired) electrons. The Kier molecular flexibility index (Phi) is 4.94. The predicted molar refractivity (Wildman–Crippen MR) is 79.5 cm³/mol. The Morgan fingerprint density at radius 2 is 1.95 bits per heavy atom. The quantitative estimate of drug-likeness (QED) is 0.573. The van der Waals surface area contributed by atoms with Crippen molar-refractivity contribution in [2.45, 2.75) is 72.4 Å². The number of esters is 1. The molecule has 0 aromatic rings. The van der Waals surface area contributed by atoms with E-state index in [0.717, 1.165) is 12.8 Å². The molecule has 0 aromatic heterocycles. The molecule has 0 heterocycles. The van der Waals surface area contributed by atoms with Crippen molar-refractivity contribution >= 4 is 12.2 Å². The summed E-state index contributed by atoms with van der Waals surface area (Å²) in [5, 5.41) is 0. The van der Waals surface area contributed by atoms with E-state index in [9.17, 15) is 4.79 Å². The van der Waals surface area contributed by atoms with Gasteiger partial charge >= 0.3 is 5.97 Å². The van der Waals surface area contributed by atoms with Crippen LogP contribution >= 0.6 is 0 Å². The molecule has 1 aliphatic rings. The highest BCUT2D eigenvalue weighted by molar-refractivity contribution is 5.84. The normalized spacial score (nSPS) is 18.5. The predicted octanol–water partition coefficient (Wildman–Crippen LogP) is 3.92. The third-order valence-corrected chi connectivity index (χ3v) is 2.92. The largest absolute Gasteiger partial charge is 0.458 e. The van der Waals surface area contributed by atoms with Gasteiger partial charge < -0.3 is 4.74 Å². The minimum atomic E-state index is -0.470. The van der Waals surface area contributed by atoms with Gasteiger partial charge in [0, 0.05) is 6.21 Å². The van der Waals surface area contributed by atoms with Gasteiger partial charge in [0.1, 0.15) is 5.60 Å². The van der Waals surface area contributed by atoms with Gasteiger partial charge in [0.25, 0.3) is 0 Å². The van der Waals surface area contributed by atoms with E-state index in [1.807, 2.05) is 47.8 Å². The molecule has 0 saturated carbocycles. The lowest BCUT2D eigenvalue weighted by Crippen LogP contribution is -2.38. The van der Waals surface area contributed by atoms with Crippen molar-refractivity contribution in [1.29, 1.82) is 0 Å². The third kappa shape index (κ3) is 5.58. The number of carbonyl (C=O) groups excluding carboxylic acids is 1. The Bertz CT molecular complexity index is 381. The molecule has 0 amide bonds. The second kappa shape index (κ2) is 5.89. The lowest BCUT2D eigenvalue weighted by molar-refractivity contribution is -0.158. The third-order valence-electron chi connectivity index (χ3n) is 2.92. The van der Waals surface area contributed by atoms with Crippen LogP contribution < -0.4 is 0 Å². The number of nitrogens with zero attached hydrogens (tertiary/aromatic N) is 1. The number of aliphatic imine (C=N–C) groups is 1. The van der Waals surface area contributed by atoms with Crippen LogP contribution in [-0.4, -0.2) is 23.8 Å². The molecule has 0 saturated heterocycles. The van der Waals surface area contributed by atoms with Gasteiger partial charge in [-0.05, 0) is 51.0 Å². The number of allylic oxidation sites excluding steroid dienone is 2. The number of rotatable bonds is 3. The fourth-order valence-electron chi connectivity index (χ4n) is 1.98. The standard InChI is InChI=1S/C16H27NO2/c1-15(2,3)13(14(18)19-16(4,5)6)17-11-12-9-7-8-10-12/h9,11,13H,7-8,10H2,1-6H3/t13-/m1/s1. The second-order valence-electron chi connectivity index (χ2n) is 7.25. The van der Waals surface area contributed by atoms with Crippen LogP contribution in [0.3, 0.4) is 0 Å². The van der Waals surface area contributed by atoms with Crippen LogP contribution in [0.25, 0.3) is 0 Å². The van der Waals surface area contributed by atoms with Crippen molar-refractivity contribution < 1.29 is 9.53 Å². The maximum Gasteiger partial charge on any atom is 0.331 e. The monoisotopic (exact) mass is 265 g/mol. The molecule has 108 valence electrons. The van der Waals surface area contributed by atoms with E-state index < -0.39 is 11.6 Å². The second-order valence-corrected chi connectivity index (χ2v) is 7.25. The summed E-state index contributed by atoms with van der Waals surface area (Å²) in [4.78, 5) is 16.7. The first-order valence-corrected chi connectivity index (χ1v) is 7.05. The molecular weight excluding hydrogens is 238 g/mol. The smallest absolute Gasteiger partial charge is 0.331 e. The van der Waals surface area contributed by atoms with Gasteiger partial charge in [0.2, 0.25) is 0 Å². The van der Waals surface area contributed by atoms with Crippen molar-refractivity contribution in [3.63, 3.8) is 0 Å². The molecule has 1 aliphatic carbocycles. The molecule has 0 unspecified atom stereocenters. The Morgan fingerprint density at radius 3 is 2.37 bits per heavy atom. The average molecular weight is 265 g/mol. The molecule has 19 heavy (non-hydrogen) atoms. The Morgan fingerprint density at radius 1 is 1.32 bits per heavy atom. The Balaban J connectivity index is 2.80. The Hall–Kier alpha value is -1.12. The van der Waals surface area contributed by atoms with Crippen molar-refractivity contribution in [3.05, 3.63) is 11.6 Å². The van der Waals surface area contributed by atoms with Crippen molar-refractivity contribution in [3.8, 4) is 0 Å². The Labute approximate surface area is 117 Å². The first kappa shape index (κ1) is 15.9. The zero-order chi connectivity index (χ0) is 14.7. The molecule has 3 heteroatoms. The van der Waals surface area contributed by atoms with Crippen LogP contribution in [-0.2, 0) is 9.53 Å². The topological polar surface area (TPSA) is 38.7 Å². The SMILES string of the molecule is CC(C)(C)OC(=O)[C@@H](N=CC1=CCCC1)C(C)(C)C. The van der Waals surface area contributed by atoms with Crippen LogP contribution in [0.5, 0.6) is 0 Å². The summed E-state index contributed by atoms with van der Waals surface area (Å²) in [6.45, 7) is 11.7. The van der Waals surface area contributed by atoms with Gasteiger partial charge in [-0.25, -0.2) is 4.79 Å². The van der Waals surface area contributed by atoms with Gasteiger partial charge in [-0.2, -0.15) is 0 Å². The van der Waals surface area contributed by atoms with E-state index in [1.165, 1.54) is 12.0 Å². The maximum atomic E-state index is 12.3. The van der Waals surface area contributed by atoms with Gasteiger partial charge in [0.05, 0.1) is 0 Å². The molecular formula is C16H27NO2. The van der Waals surface area contributed by atoms with Crippen molar-refractivity contribution in [2.75, 3.05) is 0 Å². The van der Waals surface area contributed by atoms with E-state index in [2.05, 4.69) is 11.1 Å². The molecule has 3 nitrogen and oxygen atoms in total. The molecule has 1 atom stereocenters. The number of carbonyl (C=O) groups is 1. The summed E-state index contributed by atoms with van der Waals surface area (Å²) in [6.07, 6.45) is 7.42. The molecule has 0 aliphatic heterocycles. The molecule has 0 fully saturated rings. The number of ether oxygens (including phenoxy) is 1. The summed E-state index contributed by atoms with van der Waals surface area (Å²) in [6, 6.07) is -0.451. The summed E-state index contributed by atoms with van der Waals surface area (Å²) < 4.78 is 5.47. The van der Waals surface area contributed by atoms with E-state index in [-0.39, 0.29) is 11.4 Å². The van der Waals surface area contributed by atoms with E-state index >= 15 is 0 Å². The first-order valence-electron chi connectivity index (χ1n) is 7.05. The molecule has 1 rings (SSSR count). The first-order chi connectivity index (χ1) is 8.59. The van der Waals surface area contributed by atoms with Gasteiger partial charge in [-0.15, -0.1) is 0 Å². The highest BCUT2D eigenvalue weighted by Gasteiger charge is 2.34. The number of hydrogen-bond donors (Lipinski definition) is 0. The summed E-state index contributed by atoms with van der Waals surface area (Å²) in [5.74, 6) is -0.241. The summed E-state index contributed by atoms with van der Waals surface area (Å²) in [5.41, 5.74) is 0.526. The fraction of sp³-hybridized carbons (Fsp3) is 0.750. The van der Waals surface area contributed by atoms with E-state index in [0.29, 0.717) is 0 Å². The van der Waals surface area contributed by atoms with Gasteiger partial charge in [0.15, 0.2) is 6.04 Å². The van der Waals surface area contributed by atoms with Crippen LogP contribution in [0.15, 0.2) is 16.6 Å². The maximum absolute atomic E-state index is 12.3. The number of hydrogen-bond acceptors (Lipinski definition) is 3. The van der Waals surface area contributed by atoms with Crippen LogP contribution in [0.4, 0.5) is 0 Å². The average Bonchev–Trinajstić information content (AvgIpc) is 2.65. The zero-order valence-electron chi connectivity index (χ0n) is 13.1. The fourth-order valence-corrected chi connectivity index (χ4v) is 1.98. The summed E-state index contributed by atoms with van der Waals surface area (Å²) in [7, 11) is 0. The molecule has 0 aromatic carbocycles. The highest BCUT2D eigenvalue weighted by atomic mass is 16.6. The van der Waals surface area contributed by atoms with Crippen LogP contribution in [0.1, 0.15) is 60.8 Å². The molecule has 0 N–H and O–H groups in total. The lowest BCUT2D eigenvalue weighted by Gasteiger charge is -2.29.